The first-order chi connectivity index (χ1) is 7.54. The number of rotatable bonds is 3. The van der Waals surface area contributed by atoms with Gasteiger partial charge in [-0.25, -0.2) is 0 Å². The third-order valence-electron chi connectivity index (χ3n) is 1.64. The van der Waals surface area contributed by atoms with E-state index in [2.05, 4.69) is 48.7 Å². The smallest absolute Gasteiger partial charge is 0.211 e. The summed E-state index contributed by atoms with van der Waals surface area (Å²) < 4.78 is 7.00. The molecule has 0 bridgehead atoms. The molecule has 0 amide bonds. The third kappa shape index (κ3) is 3.63. The van der Waals surface area contributed by atoms with Crippen LogP contribution in [0.25, 0.3) is 0 Å². The molecule has 0 heterocycles. The molecule has 1 aromatic rings. The van der Waals surface area contributed by atoms with Crippen LogP contribution in [0.5, 0.6) is 5.75 Å². The molecule has 0 aromatic heterocycles. The molecule has 7 heteroatoms. The molecular weight excluding hydrogens is 387 g/mol. The van der Waals surface area contributed by atoms with Gasteiger partial charge in [0.05, 0.1) is 17.8 Å². The lowest BCUT2D eigenvalue weighted by atomic mass is 10.2. The Morgan fingerprint density at radius 1 is 1.50 bits per heavy atom. The molecule has 0 radical (unpaired) electrons. The van der Waals surface area contributed by atoms with Crippen LogP contribution in [0.3, 0.4) is 0 Å². The summed E-state index contributed by atoms with van der Waals surface area (Å²) in [6, 6.07) is 3.77. The van der Waals surface area contributed by atoms with Gasteiger partial charge in [-0.2, -0.15) is 5.10 Å². The number of benzene rings is 1. The average Bonchev–Trinajstić information content (AvgIpc) is 2.22. The number of nitrogens with zero attached hydrogens (tertiary/aromatic N) is 2. The molecule has 4 N–H and O–H groups in total. The Hall–Kier alpha value is -0.830. The summed E-state index contributed by atoms with van der Waals surface area (Å²) in [5, 5.41) is 7.27. The van der Waals surface area contributed by atoms with Crippen molar-refractivity contribution in [1.82, 2.24) is 0 Å². The highest BCUT2D eigenvalue weighted by atomic mass is 127. The minimum Gasteiger partial charge on any atom is -0.496 e. The van der Waals surface area contributed by atoms with E-state index in [1.807, 2.05) is 12.1 Å². The summed E-state index contributed by atoms with van der Waals surface area (Å²) in [5.41, 5.74) is 11.2. The van der Waals surface area contributed by atoms with E-state index < -0.39 is 0 Å². The lowest BCUT2D eigenvalue weighted by Gasteiger charge is -2.05. The van der Waals surface area contributed by atoms with Crippen LogP contribution in [0, 0.1) is 3.57 Å². The molecule has 0 atom stereocenters. The van der Waals surface area contributed by atoms with Gasteiger partial charge in [-0.3, -0.25) is 0 Å². The molecule has 5 nitrogen and oxygen atoms in total. The van der Waals surface area contributed by atoms with Crippen LogP contribution in [0.1, 0.15) is 5.56 Å². The van der Waals surface area contributed by atoms with Crippen molar-refractivity contribution in [3.05, 3.63) is 25.7 Å². The first-order valence-electron chi connectivity index (χ1n) is 4.19. The van der Waals surface area contributed by atoms with Gasteiger partial charge in [-0.15, -0.1) is 5.10 Å². The highest BCUT2D eigenvalue weighted by Crippen LogP contribution is 2.28. The van der Waals surface area contributed by atoms with Gasteiger partial charge in [0.2, 0.25) is 5.96 Å². The SMILES string of the molecule is COc1cc(I)c(C=NN=C(N)N)cc1Br. The molecule has 0 saturated carbocycles. The van der Waals surface area contributed by atoms with Crippen molar-refractivity contribution in [2.75, 3.05) is 7.11 Å². The van der Waals surface area contributed by atoms with Gasteiger partial charge in [0.15, 0.2) is 0 Å². The van der Waals surface area contributed by atoms with Crippen molar-refractivity contribution in [2.24, 2.45) is 21.7 Å². The number of ether oxygens (including phenoxy) is 1. The first-order valence-corrected chi connectivity index (χ1v) is 6.06. The Labute approximate surface area is 115 Å². The molecule has 0 spiro atoms. The molecule has 0 aliphatic rings. The summed E-state index contributed by atoms with van der Waals surface area (Å²) >= 11 is 5.57. The normalized spacial score (nSPS) is 10.4. The van der Waals surface area contributed by atoms with E-state index in [0.29, 0.717) is 0 Å². The highest BCUT2D eigenvalue weighted by molar-refractivity contribution is 14.1. The third-order valence-corrected chi connectivity index (χ3v) is 3.20. The monoisotopic (exact) mass is 396 g/mol. The summed E-state index contributed by atoms with van der Waals surface area (Å²) in [5.74, 6) is 0.697. The Bertz CT molecular complexity index is 443. The van der Waals surface area contributed by atoms with Crippen LogP contribution in [-0.2, 0) is 0 Å². The highest BCUT2D eigenvalue weighted by Gasteiger charge is 2.05. The van der Waals surface area contributed by atoms with E-state index >= 15 is 0 Å². The number of methoxy groups -OCH3 is 1. The van der Waals surface area contributed by atoms with Gasteiger partial charge in [0.25, 0.3) is 0 Å². The predicted molar refractivity (Wildman–Crippen MR) is 76.8 cm³/mol. The molecule has 0 fully saturated rings. The van der Waals surface area contributed by atoms with Crippen LogP contribution in [0.15, 0.2) is 26.8 Å². The summed E-state index contributed by atoms with van der Waals surface area (Å²) in [6.07, 6.45) is 1.58. The van der Waals surface area contributed by atoms with E-state index in [4.69, 9.17) is 16.2 Å². The second-order valence-corrected chi connectivity index (χ2v) is 4.79. The molecule has 16 heavy (non-hydrogen) atoms. The number of halogens is 2. The first kappa shape index (κ1) is 13.2. The van der Waals surface area contributed by atoms with Gasteiger partial charge in [0.1, 0.15) is 5.75 Å². The second-order valence-electron chi connectivity index (χ2n) is 2.78. The Kier molecular flexibility index (Phi) is 5.00. The quantitative estimate of drug-likeness (QED) is 0.352. The van der Waals surface area contributed by atoms with Crippen LogP contribution in [0.4, 0.5) is 0 Å². The van der Waals surface area contributed by atoms with E-state index in [0.717, 1.165) is 19.4 Å². The van der Waals surface area contributed by atoms with Crippen molar-refractivity contribution < 1.29 is 4.74 Å². The molecular formula is C9H10BrIN4O. The zero-order chi connectivity index (χ0) is 12.1. The van der Waals surface area contributed by atoms with Crippen molar-refractivity contribution >= 4 is 50.7 Å². The van der Waals surface area contributed by atoms with Gasteiger partial charge < -0.3 is 16.2 Å². The molecule has 0 unspecified atom stereocenters. The average molecular weight is 397 g/mol. The Morgan fingerprint density at radius 3 is 2.75 bits per heavy atom. The fraction of sp³-hybridized carbons (Fsp3) is 0.111. The molecule has 1 aromatic carbocycles. The Balaban J connectivity index is 3.02. The number of guanidine groups is 1. The van der Waals surface area contributed by atoms with Crippen molar-refractivity contribution in [3.8, 4) is 5.75 Å². The van der Waals surface area contributed by atoms with Crippen LogP contribution < -0.4 is 16.2 Å². The van der Waals surface area contributed by atoms with Crippen LogP contribution in [0.2, 0.25) is 0 Å². The van der Waals surface area contributed by atoms with Crippen LogP contribution >= 0.6 is 38.5 Å². The maximum Gasteiger partial charge on any atom is 0.211 e. The summed E-state index contributed by atoms with van der Waals surface area (Å²) in [6.45, 7) is 0. The van der Waals surface area contributed by atoms with Crippen molar-refractivity contribution in [2.45, 2.75) is 0 Å². The number of hydrogen-bond donors (Lipinski definition) is 2. The Morgan fingerprint density at radius 2 is 2.19 bits per heavy atom. The lowest BCUT2D eigenvalue weighted by molar-refractivity contribution is 0.412. The minimum atomic E-state index is -0.0705. The molecule has 1 rings (SSSR count). The molecule has 0 aliphatic carbocycles. The number of nitrogens with two attached hydrogens (primary N) is 2. The predicted octanol–water partition coefficient (Wildman–Crippen LogP) is 1.67. The second kappa shape index (κ2) is 6.04. The lowest BCUT2D eigenvalue weighted by Crippen LogP contribution is -2.21. The van der Waals surface area contributed by atoms with Crippen molar-refractivity contribution in [3.63, 3.8) is 0 Å². The number of hydrogen-bond acceptors (Lipinski definition) is 3. The van der Waals surface area contributed by atoms with Gasteiger partial charge in [0, 0.05) is 9.13 Å². The molecule has 0 saturated heterocycles. The van der Waals surface area contributed by atoms with Gasteiger partial charge in [-0.05, 0) is 50.7 Å². The maximum atomic E-state index is 5.16. The van der Waals surface area contributed by atoms with E-state index in [9.17, 15) is 0 Å². The van der Waals surface area contributed by atoms with E-state index in [1.165, 1.54) is 0 Å². The zero-order valence-corrected chi connectivity index (χ0v) is 12.2. The minimum absolute atomic E-state index is 0.0705. The van der Waals surface area contributed by atoms with Gasteiger partial charge >= 0.3 is 0 Å². The van der Waals surface area contributed by atoms with Crippen molar-refractivity contribution in [1.29, 1.82) is 0 Å². The fourth-order valence-corrected chi connectivity index (χ4v) is 2.06. The zero-order valence-electron chi connectivity index (χ0n) is 8.45. The topological polar surface area (TPSA) is 86.0 Å². The van der Waals surface area contributed by atoms with Gasteiger partial charge in [-0.1, -0.05) is 0 Å². The van der Waals surface area contributed by atoms with E-state index in [1.54, 1.807) is 13.3 Å². The van der Waals surface area contributed by atoms with Crippen LogP contribution in [-0.4, -0.2) is 19.3 Å². The summed E-state index contributed by atoms with van der Waals surface area (Å²) in [4.78, 5) is 0. The van der Waals surface area contributed by atoms with E-state index in [-0.39, 0.29) is 5.96 Å². The largest absolute Gasteiger partial charge is 0.496 e. The standard InChI is InChI=1S/C9H10BrIN4O/c1-16-8-3-7(11)5(2-6(8)10)4-14-15-9(12)13/h2-4H,1H3,(H4,12,13,15). The maximum absolute atomic E-state index is 5.16. The fourth-order valence-electron chi connectivity index (χ4n) is 0.957. The summed E-state index contributed by atoms with van der Waals surface area (Å²) in [7, 11) is 1.61. The molecule has 86 valence electrons. The molecule has 0 aliphatic heterocycles.